The lowest BCUT2D eigenvalue weighted by Crippen LogP contribution is -2.20. The Morgan fingerprint density at radius 3 is 2.38 bits per heavy atom. The van der Waals surface area contributed by atoms with Gasteiger partial charge in [0.2, 0.25) is 0 Å². The van der Waals surface area contributed by atoms with Crippen molar-refractivity contribution in [3.8, 4) is 5.75 Å². The van der Waals surface area contributed by atoms with Gasteiger partial charge in [-0.3, -0.25) is 14.9 Å². The summed E-state index contributed by atoms with van der Waals surface area (Å²) in [5, 5.41) is 17.0. The number of carbonyl (C=O) groups is 1. The molecule has 2 N–H and O–H groups in total. The first-order valence-electron chi connectivity index (χ1n) is 8.76. The number of nitrogens with zero attached hydrogens (tertiary/aromatic N) is 1. The molecule has 0 aliphatic rings. The Bertz CT molecular complexity index is 995. The van der Waals surface area contributed by atoms with Crippen molar-refractivity contribution in [3.63, 3.8) is 0 Å². The highest BCUT2D eigenvalue weighted by Crippen LogP contribution is 2.26. The van der Waals surface area contributed by atoms with E-state index in [1.165, 1.54) is 12.1 Å². The molecule has 8 heteroatoms. The monoisotopic (exact) mass is 411 g/mol. The fraction of sp³-hybridized carbons (Fsp3) is 0.0952. The molecule has 0 aromatic heterocycles. The van der Waals surface area contributed by atoms with Gasteiger partial charge in [-0.15, -0.1) is 0 Å². The fourth-order valence-electron chi connectivity index (χ4n) is 2.54. The number of carbonyl (C=O) groups excluding carboxylic acids is 1. The molecule has 148 valence electrons. The summed E-state index contributed by atoms with van der Waals surface area (Å²) in [7, 11) is 0. The number of benzene rings is 3. The number of anilines is 2. The average molecular weight is 412 g/mol. The summed E-state index contributed by atoms with van der Waals surface area (Å²) < 4.78 is 5.50. The summed E-state index contributed by atoms with van der Waals surface area (Å²) in [5.74, 6) is 0.130. The maximum absolute atomic E-state index is 12.0. The lowest BCUT2D eigenvalue weighted by atomic mass is 10.2. The second-order valence-electron chi connectivity index (χ2n) is 6.13. The van der Waals surface area contributed by atoms with Crippen molar-refractivity contribution in [2.45, 2.75) is 6.54 Å². The number of nitro benzene ring substituents is 1. The van der Waals surface area contributed by atoms with Crippen LogP contribution in [0.5, 0.6) is 5.75 Å². The third-order valence-electron chi connectivity index (χ3n) is 3.99. The highest BCUT2D eigenvalue weighted by Gasteiger charge is 2.08. The maximum atomic E-state index is 12.0. The van der Waals surface area contributed by atoms with E-state index in [-0.39, 0.29) is 18.2 Å². The Morgan fingerprint density at radius 1 is 1.00 bits per heavy atom. The summed E-state index contributed by atoms with van der Waals surface area (Å²) in [6.07, 6.45) is 0. The van der Waals surface area contributed by atoms with Gasteiger partial charge >= 0.3 is 0 Å². The van der Waals surface area contributed by atoms with E-state index in [4.69, 9.17) is 16.3 Å². The van der Waals surface area contributed by atoms with Gasteiger partial charge in [0.1, 0.15) is 5.75 Å². The van der Waals surface area contributed by atoms with E-state index in [2.05, 4.69) is 10.6 Å². The number of halogens is 1. The van der Waals surface area contributed by atoms with Crippen LogP contribution >= 0.6 is 11.6 Å². The van der Waals surface area contributed by atoms with Crippen molar-refractivity contribution in [2.75, 3.05) is 17.2 Å². The quantitative estimate of drug-likeness (QED) is 0.407. The molecule has 0 bridgehead atoms. The Hall–Kier alpha value is -3.58. The standard InChI is InChI=1S/C21H18ClN3O4/c22-19-12-15(13-23-16-7-9-18(10-8-16)25(27)28)6-11-20(19)29-14-21(26)24-17-4-2-1-3-5-17/h1-12,23H,13-14H2,(H,24,26). The first-order chi connectivity index (χ1) is 14.0. The van der Waals surface area contributed by atoms with Gasteiger partial charge in [0.05, 0.1) is 9.95 Å². The third kappa shape index (κ3) is 5.95. The zero-order valence-electron chi connectivity index (χ0n) is 15.3. The number of rotatable bonds is 8. The van der Waals surface area contributed by atoms with E-state index in [0.717, 1.165) is 11.3 Å². The second-order valence-corrected chi connectivity index (χ2v) is 6.53. The summed E-state index contributed by atoms with van der Waals surface area (Å²) >= 11 is 6.25. The van der Waals surface area contributed by atoms with Gasteiger partial charge in [0, 0.05) is 30.1 Å². The average Bonchev–Trinajstić information content (AvgIpc) is 2.72. The van der Waals surface area contributed by atoms with Crippen molar-refractivity contribution < 1.29 is 14.5 Å². The van der Waals surface area contributed by atoms with Crippen molar-refractivity contribution in [2.24, 2.45) is 0 Å². The molecular weight excluding hydrogens is 394 g/mol. The molecule has 3 aromatic carbocycles. The Kier molecular flexibility index (Phi) is 6.65. The normalized spacial score (nSPS) is 10.2. The number of nitrogens with one attached hydrogen (secondary N) is 2. The predicted octanol–water partition coefficient (Wildman–Crippen LogP) is 4.88. The van der Waals surface area contributed by atoms with E-state index in [1.807, 2.05) is 24.3 Å². The van der Waals surface area contributed by atoms with Crippen LogP contribution in [0.4, 0.5) is 17.1 Å². The first-order valence-corrected chi connectivity index (χ1v) is 9.13. The van der Waals surface area contributed by atoms with Crippen LogP contribution in [-0.4, -0.2) is 17.4 Å². The maximum Gasteiger partial charge on any atom is 0.269 e. The van der Waals surface area contributed by atoms with Crippen LogP contribution in [0.2, 0.25) is 5.02 Å². The summed E-state index contributed by atoms with van der Waals surface area (Å²) in [6, 6.07) is 20.5. The molecule has 0 heterocycles. The molecule has 0 aliphatic heterocycles. The molecule has 0 saturated carbocycles. The first kappa shape index (κ1) is 20.2. The summed E-state index contributed by atoms with van der Waals surface area (Å²) in [6.45, 7) is 0.321. The summed E-state index contributed by atoms with van der Waals surface area (Å²) in [5.41, 5.74) is 2.38. The molecule has 0 spiro atoms. The van der Waals surface area contributed by atoms with Crippen molar-refractivity contribution in [1.29, 1.82) is 0 Å². The van der Waals surface area contributed by atoms with Gasteiger partial charge in [0.25, 0.3) is 11.6 Å². The van der Waals surface area contributed by atoms with Crippen molar-refractivity contribution >= 4 is 34.6 Å². The minimum Gasteiger partial charge on any atom is -0.482 e. The number of nitro groups is 1. The van der Waals surface area contributed by atoms with Crippen LogP contribution in [0.3, 0.4) is 0 Å². The topological polar surface area (TPSA) is 93.5 Å². The molecule has 0 aliphatic carbocycles. The largest absolute Gasteiger partial charge is 0.482 e. The van der Waals surface area contributed by atoms with Crippen molar-refractivity contribution in [3.05, 3.63) is 93.5 Å². The van der Waals surface area contributed by atoms with Crippen LogP contribution < -0.4 is 15.4 Å². The SMILES string of the molecule is O=C(COc1ccc(CNc2ccc([N+](=O)[O-])cc2)cc1Cl)Nc1ccccc1. The van der Waals surface area contributed by atoms with Gasteiger partial charge in [0.15, 0.2) is 6.61 Å². The number of hydrogen-bond donors (Lipinski definition) is 2. The highest BCUT2D eigenvalue weighted by molar-refractivity contribution is 6.32. The van der Waals surface area contributed by atoms with Crippen LogP contribution in [-0.2, 0) is 11.3 Å². The Balaban J connectivity index is 1.51. The molecule has 0 fully saturated rings. The number of hydrogen-bond acceptors (Lipinski definition) is 5. The predicted molar refractivity (Wildman–Crippen MR) is 112 cm³/mol. The number of amides is 1. The lowest BCUT2D eigenvalue weighted by molar-refractivity contribution is -0.384. The zero-order chi connectivity index (χ0) is 20.6. The van der Waals surface area contributed by atoms with Crippen LogP contribution in [0.25, 0.3) is 0 Å². The lowest BCUT2D eigenvalue weighted by Gasteiger charge is -2.11. The van der Waals surface area contributed by atoms with E-state index >= 15 is 0 Å². The molecule has 29 heavy (non-hydrogen) atoms. The third-order valence-corrected chi connectivity index (χ3v) is 4.28. The van der Waals surface area contributed by atoms with E-state index in [1.54, 1.807) is 36.4 Å². The van der Waals surface area contributed by atoms with E-state index in [0.29, 0.717) is 23.0 Å². The van der Waals surface area contributed by atoms with Gasteiger partial charge in [-0.2, -0.15) is 0 Å². The number of ether oxygens (including phenoxy) is 1. The minimum absolute atomic E-state index is 0.0383. The van der Waals surface area contributed by atoms with Crippen LogP contribution in [0.15, 0.2) is 72.8 Å². The minimum atomic E-state index is -0.442. The van der Waals surface area contributed by atoms with Gasteiger partial charge in [-0.25, -0.2) is 0 Å². The Labute approximate surface area is 172 Å². The molecule has 1 amide bonds. The molecule has 3 rings (SSSR count). The van der Waals surface area contributed by atoms with E-state index in [9.17, 15) is 14.9 Å². The molecule has 7 nitrogen and oxygen atoms in total. The van der Waals surface area contributed by atoms with E-state index < -0.39 is 4.92 Å². The molecule has 0 unspecified atom stereocenters. The van der Waals surface area contributed by atoms with Gasteiger partial charge in [-0.05, 0) is 42.0 Å². The summed E-state index contributed by atoms with van der Waals surface area (Å²) in [4.78, 5) is 22.2. The molecular formula is C21H18ClN3O4. The van der Waals surface area contributed by atoms with Crippen LogP contribution in [0, 0.1) is 10.1 Å². The fourth-order valence-corrected chi connectivity index (χ4v) is 2.80. The molecule has 3 aromatic rings. The molecule has 0 atom stereocenters. The number of para-hydroxylation sites is 1. The Morgan fingerprint density at radius 2 is 1.72 bits per heavy atom. The van der Waals surface area contributed by atoms with Gasteiger partial charge < -0.3 is 15.4 Å². The molecule has 0 saturated heterocycles. The molecule has 0 radical (unpaired) electrons. The second kappa shape index (κ2) is 9.57. The smallest absolute Gasteiger partial charge is 0.269 e. The van der Waals surface area contributed by atoms with Crippen molar-refractivity contribution in [1.82, 2.24) is 0 Å². The number of non-ortho nitro benzene ring substituents is 1. The highest BCUT2D eigenvalue weighted by atomic mass is 35.5. The zero-order valence-corrected chi connectivity index (χ0v) is 16.1. The van der Waals surface area contributed by atoms with Crippen LogP contribution in [0.1, 0.15) is 5.56 Å². The van der Waals surface area contributed by atoms with Gasteiger partial charge in [-0.1, -0.05) is 35.9 Å².